The van der Waals surface area contributed by atoms with Gasteiger partial charge in [0.05, 0.1) is 0 Å². The van der Waals surface area contributed by atoms with Gasteiger partial charge >= 0.3 is 0 Å². The molecule has 2 aromatic carbocycles. The van der Waals surface area contributed by atoms with Gasteiger partial charge < -0.3 is 19.9 Å². The standard InChI is InChI=1S/C24H30ClN3O3/c1-3-18(4-2)24(30)28-15-13-27(14-16-28)21-9-7-20(8-10-21)26-23(29)17-31-22-11-5-19(25)6-12-22/h5-12,18H,3-4,13-17H2,1-2H3,(H,26,29). The fraction of sp³-hybridized carbons (Fsp3) is 0.417. The molecular weight excluding hydrogens is 414 g/mol. The molecule has 166 valence electrons. The molecule has 31 heavy (non-hydrogen) atoms. The molecule has 0 saturated carbocycles. The molecule has 1 aliphatic heterocycles. The number of hydrogen-bond donors (Lipinski definition) is 1. The first kappa shape index (κ1) is 22.9. The van der Waals surface area contributed by atoms with Crippen molar-refractivity contribution in [2.75, 3.05) is 43.0 Å². The molecule has 0 unspecified atom stereocenters. The number of ether oxygens (including phenoxy) is 1. The predicted octanol–water partition coefficient (Wildman–Crippen LogP) is 4.44. The van der Waals surface area contributed by atoms with Crippen molar-refractivity contribution in [1.82, 2.24) is 4.90 Å². The summed E-state index contributed by atoms with van der Waals surface area (Å²) in [5, 5.41) is 3.46. The molecule has 0 spiro atoms. The maximum atomic E-state index is 12.6. The van der Waals surface area contributed by atoms with Gasteiger partial charge in [0.2, 0.25) is 5.91 Å². The Morgan fingerprint density at radius 2 is 1.58 bits per heavy atom. The van der Waals surface area contributed by atoms with Crippen molar-refractivity contribution in [2.45, 2.75) is 26.7 Å². The number of amides is 2. The fourth-order valence-corrected chi connectivity index (χ4v) is 3.84. The Morgan fingerprint density at radius 1 is 0.968 bits per heavy atom. The number of piperazine rings is 1. The summed E-state index contributed by atoms with van der Waals surface area (Å²) in [6.07, 6.45) is 1.79. The van der Waals surface area contributed by atoms with E-state index in [1.807, 2.05) is 29.2 Å². The van der Waals surface area contributed by atoms with E-state index < -0.39 is 0 Å². The van der Waals surface area contributed by atoms with Gasteiger partial charge in [-0.25, -0.2) is 0 Å². The molecule has 1 aliphatic rings. The molecule has 2 amide bonds. The molecule has 1 heterocycles. The van der Waals surface area contributed by atoms with Crippen LogP contribution in [0.15, 0.2) is 48.5 Å². The normalized spacial score (nSPS) is 13.9. The molecule has 2 aromatic rings. The Kier molecular flexibility index (Phi) is 8.18. The summed E-state index contributed by atoms with van der Waals surface area (Å²) < 4.78 is 5.47. The van der Waals surface area contributed by atoms with Crippen LogP contribution in [0.2, 0.25) is 5.02 Å². The summed E-state index contributed by atoms with van der Waals surface area (Å²) in [6.45, 7) is 7.19. The van der Waals surface area contributed by atoms with Crippen molar-refractivity contribution in [2.24, 2.45) is 5.92 Å². The molecule has 3 rings (SSSR count). The number of nitrogens with one attached hydrogen (secondary N) is 1. The van der Waals surface area contributed by atoms with Crippen LogP contribution in [0.25, 0.3) is 0 Å². The molecule has 0 atom stereocenters. The highest BCUT2D eigenvalue weighted by Crippen LogP contribution is 2.21. The Labute approximate surface area is 189 Å². The maximum Gasteiger partial charge on any atom is 0.262 e. The molecule has 0 bridgehead atoms. The lowest BCUT2D eigenvalue weighted by molar-refractivity contribution is -0.136. The highest BCUT2D eigenvalue weighted by molar-refractivity contribution is 6.30. The van der Waals surface area contributed by atoms with E-state index in [2.05, 4.69) is 24.1 Å². The summed E-state index contributed by atoms with van der Waals surface area (Å²) in [6, 6.07) is 14.6. The van der Waals surface area contributed by atoms with Crippen molar-refractivity contribution in [3.63, 3.8) is 0 Å². The summed E-state index contributed by atoms with van der Waals surface area (Å²) in [4.78, 5) is 29.0. The third kappa shape index (κ3) is 6.37. The zero-order valence-electron chi connectivity index (χ0n) is 18.1. The molecule has 0 aliphatic carbocycles. The lowest BCUT2D eigenvalue weighted by Crippen LogP contribution is -2.50. The lowest BCUT2D eigenvalue weighted by Gasteiger charge is -2.37. The van der Waals surface area contributed by atoms with E-state index in [9.17, 15) is 9.59 Å². The zero-order chi connectivity index (χ0) is 22.2. The second-order valence-corrected chi connectivity index (χ2v) is 8.10. The fourth-order valence-electron chi connectivity index (χ4n) is 3.71. The van der Waals surface area contributed by atoms with Gasteiger partial charge in [0.25, 0.3) is 5.91 Å². The number of hydrogen-bond acceptors (Lipinski definition) is 4. The first-order valence-electron chi connectivity index (χ1n) is 10.8. The van der Waals surface area contributed by atoms with Crippen LogP contribution in [0.1, 0.15) is 26.7 Å². The number of halogens is 1. The average Bonchev–Trinajstić information content (AvgIpc) is 2.80. The van der Waals surface area contributed by atoms with Crippen molar-refractivity contribution in [1.29, 1.82) is 0 Å². The third-order valence-electron chi connectivity index (χ3n) is 5.63. The lowest BCUT2D eigenvalue weighted by atomic mass is 10.0. The Morgan fingerprint density at radius 3 is 2.16 bits per heavy atom. The van der Waals surface area contributed by atoms with Crippen molar-refractivity contribution in [3.8, 4) is 5.75 Å². The molecule has 0 radical (unpaired) electrons. The summed E-state index contributed by atoms with van der Waals surface area (Å²) in [5.74, 6) is 0.787. The molecule has 1 N–H and O–H groups in total. The number of rotatable bonds is 8. The quantitative estimate of drug-likeness (QED) is 0.655. The summed E-state index contributed by atoms with van der Waals surface area (Å²) in [5.41, 5.74) is 1.81. The molecule has 1 fully saturated rings. The number of nitrogens with zero attached hydrogens (tertiary/aromatic N) is 2. The van der Waals surface area contributed by atoms with E-state index >= 15 is 0 Å². The van der Waals surface area contributed by atoms with Crippen LogP contribution in [0, 0.1) is 5.92 Å². The molecular formula is C24H30ClN3O3. The molecule has 6 nitrogen and oxygen atoms in total. The van der Waals surface area contributed by atoms with Crippen LogP contribution < -0.4 is 15.0 Å². The van der Waals surface area contributed by atoms with Crippen LogP contribution in [0.4, 0.5) is 11.4 Å². The predicted molar refractivity (Wildman–Crippen MR) is 125 cm³/mol. The zero-order valence-corrected chi connectivity index (χ0v) is 18.9. The first-order valence-corrected chi connectivity index (χ1v) is 11.2. The number of carbonyl (C=O) groups is 2. The van der Waals surface area contributed by atoms with Gasteiger partial charge in [-0.2, -0.15) is 0 Å². The summed E-state index contributed by atoms with van der Waals surface area (Å²) in [7, 11) is 0. The van der Waals surface area contributed by atoms with Gasteiger partial charge in [0, 0.05) is 48.5 Å². The van der Waals surface area contributed by atoms with E-state index in [1.165, 1.54) is 0 Å². The Hall–Kier alpha value is -2.73. The largest absolute Gasteiger partial charge is 0.484 e. The van der Waals surface area contributed by atoms with Crippen LogP contribution in [-0.2, 0) is 9.59 Å². The van der Waals surface area contributed by atoms with Gasteiger partial charge in [0.15, 0.2) is 6.61 Å². The second-order valence-electron chi connectivity index (χ2n) is 7.66. The van der Waals surface area contributed by atoms with E-state index in [0.29, 0.717) is 10.8 Å². The minimum Gasteiger partial charge on any atom is -0.484 e. The van der Waals surface area contributed by atoms with Gasteiger partial charge in [-0.15, -0.1) is 0 Å². The van der Waals surface area contributed by atoms with Gasteiger partial charge in [-0.1, -0.05) is 25.4 Å². The highest BCUT2D eigenvalue weighted by Gasteiger charge is 2.25. The summed E-state index contributed by atoms with van der Waals surface area (Å²) >= 11 is 5.84. The minimum atomic E-state index is -0.226. The van der Waals surface area contributed by atoms with E-state index in [0.717, 1.165) is 50.4 Å². The SMILES string of the molecule is CCC(CC)C(=O)N1CCN(c2ccc(NC(=O)COc3ccc(Cl)cc3)cc2)CC1. The van der Waals surface area contributed by atoms with Gasteiger partial charge in [-0.05, 0) is 61.4 Å². The number of carbonyl (C=O) groups excluding carboxylic acids is 2. The molecule has 1 saturated heterocycles. The number of anilines is 2. The van der Waals surface area contributed by atoms with Crippen LogP contribution in [0.3, 0.4) is 0 Å². The van der Waals surface area contributed by atoms with E-state index in [-0.39, 0.29) is 24.3 Å². The van der Waals surface area contributed by atoms with Crippen molar-refractivity contribution >= 4 is 34.8 Å². The maximum absolute atomic E-state index is 12.6. The number of benzene rings is 2. The second kappa shape index (κ2) is 11.0. The monoisotopic (exact) mass is 443 g/mol. The Bertz CT molecular complexity index is 859. The average molecular weight is 444 g/mol. The van der Waals surface area contributed by atoms with E-state index in [4.69, 9.17) is 16.3 Å². The van der Waals surface area contributed by atoms with Gasteiger partial charge in [-0.3, -0.25) is 9.59 Å². The minimum absolute atomic E-state index is 0.0735. The first-order chi connectivity index (χ1) is 15.0. The Balaban J connectivity index is 1.46. The molecule has 7 heteroatoms. The topological polar surface area (TPSA) is 61.9 Å². The van der Waals surface area contributed by atoms with Gasteiger partial charge in [0.1, 0.15) is 5.75 Å². The van der Waals surface area contributed by atoms with Crippen LogP contribution in [-0.4, -0.2) is 49.5 Å². The van der Waals surface area contributed by atoms with Crippen molar-refractivity contribution < 1.29 is 14.3 Å². The molecule has 0 aromatic heterocycles. The third-order valence-corrected chi connectivity index (χ3v) is 5.88. The highest BCUT2D eigenvalue weighted by atomic mass is 35.5. The van der Waals surface area contributed by atoms with Crippen LogP contribution in [0.5, 0.6) is 5.75 Å². The smallest absolute Gasteiger partial charge is 0.262 e. The van der Waals surface area contributed by atoms with Crippen molar-refractivity contribution in [3.05, 3.63) is 53.6 Å². The van der Waals surface area contributed by atoms with Crippen LogP contribution >= 0.6 is 11.6 Å². The van der Waals surface area contributed by atoms with E-state index in [1.54, 1.807) is 24.3 Å².